The molecule has 0 aromatic heterocycles. The van der Waals surface area contributed by atoms with Gasteiger partial charge < -0.3 is 10.4 Å². The summed E-state index contributed by atoms with van der Waals surface area (Å²) in [6.07, 6.45) is 1.38. The summed E-state index contributed by atoms with van der Waals surface area (Å²) < 4.78 is 0. The molecule has 0 radical (unpaired) electrons. The minimum Gasteiger partial charge on any atom is -0.389 e. The first-order chi connectivity index (χ1) is 14.1. The van der Waals surface area contributed by atoms with Crippen LogP contribution in [0, 0.1) is 11.8 Å². The molecule has 1 aliphatic heterocycles. The van der Waals surface area contributed by atoms with Crippen molar-refractivity contribution in [1.29, 1.82) is 0 Å². The average Bonchev–Trinajstić information content (AvgIpc) is 2.74. The lowest BCUT2D eigenvalue weighted by Gasteiger charge is -2.51. The number of benzene rings is 3. The molecule has 3 aromatic rings. The first-order valence-corrected chi connectivity index (χ1v) is 10.7. The van der Waals surface area contributed by atoms with Crippen molar-refractivity contribution in [3.63, 3.8) is 0 Å². The number of aliphatic hydroxyl groups is 1. The van der Waals surface area contributed by atoms with E-state index in [0.29, 0.717) is 18.8 Å². The Kier molecular flexibility index (Phi) is 5.84. The molecule has 0 spiro atoms. The number of hydrogen-bond donors (Lipinski definition) is 2. The number of rotatable bonds is 5. The quantitative estimate of drug-likeness (QED) is 0.590. The number of hydrogen-bond acceptors (Lipinski definition) is 2. The molecular formula is C27H31NO. The highest BCUT2D eigenvalue weighted by Crippen LogP contribution is 2.47. The second-order valence-electron chi connectivity index (χ2n) is 8.76. The maximum atomic E-state index is 12.2. The van der Waals surface area contributed by atoms with E-state index in [4.69, 9.17) is 0 Å². The lowest BCUT2D eigenvalue weighted by molar-refractivity contribution is -0.0920. The van der Waals surface area contributed by atoms with Crippen molar-refractivity contribution in [2.24, 2.45) is 11.8 Å². The Balaban J connectivity index is 1.77. The highest BCUT2D eigenvalue weighted by molar-refractivity contribution is 5.29. The lowest BCUT2D eigenvalue weighted by Crippen LogP contribution is -2.56. The van der Waals surface area contributed by atoms with E-state index >= 15 is 0 Å². The second-order valence-corrected chi connectivity index (χ2v) is 8.76. The van der Waals surface area contributed by atoms with E-state index in [2.05, 4.69) is 98.0 Å². The molecule has 150 valence electrons. The van der Waals surface area contributed by atoms with Crippen LogP contribution in [-0.2, 0) is 6.42 Å². The fraction of sp³-hybridized carbons (Fsp3) is 0.333. The van der Waals surface area contributed by atoms with E-state index in [0.717, 1.165) is 0 Å². The Bertz CT molecular complexity index is 894. The third-order valence-electron chi connectivity index (χ3n) is 6.35. The van der Waals surface area contributed by atoms with Gasteiger partial charge in [-0.15, -0.1) is 0 Å². The summed E-state index contributed by atoms with van der Waals surface area (Å²) in [5.74, 6) is 0.461. The van der Waals surface area contributed by atoms with Gasteiger partial charge >= 0.3 is 0 Å². The largest absolute Gasteiger partial charge is 0.389 e. The summed E-state index contributed by atoms with van der Waals surface area (Å²) in [6.45, 7) is 4.47. The molecule has 1 heterocycles. The van der Waals surface area contributed by atoms with Crippen molar-refractivity contribution >= 4 is 0 Å². The van der Waals surface area contributed by atoms with Crippen molar-refractivity contribution in [3.05, 3.63) is 108 Å². The van der Waals surface area contributed by atoms with Crippen molar-refractivity contribution in [2.45, 2.75) is 44.4 Å². The maximum absolute atomic E-state index is 12.2. The summed E-state index contributed by atoms with van der Waals surface area (Å²) in [6, 6.07) is 31.8. The molecule has 4 rings (SSSR count). The van der Waals surface area contributed by atoms with Crippen LogP contribution in [0.1, 0.15) is 49.0 Å². The molecule has 0 bridgehead atoms. The third kappa shape index (κ3) is 4.29. The van der Waals surface area contributed by atoms with Crippen LogP contribution >= 0.6 is 0 Å². The summed E-state index contributed by atoms with van der Waals surface area (Å²) in [5, 5.41) is 16.1. The number of piperidine rings is 1. The Morgan fingerprint density at radius 1 is 0.828 bits per heavy atom. The lowest BCUT2D eigenvalue weighted by atomic mass is 9.64. The van der Waals surface area contributed by atoms with Crippen molar-refractivity contribution < 1.29 is 5.11 Å². The summed E-state index contributed by atoms with van der Waals surface area (Å²) in [7, 11) is 0. The van der Waals surface area contributed by atoms with E-state index in [1.165, 1.54) is 16.7 Å². The van der Waals surface area contributed by atoms with E-state index in [9.17, 15) is 5.11 Å². The fourth-order valence-corrected chi connectivity index (χ4v) is 5.19. The highest BCUT2D eigenvalue weighted by atomic mass is 16.3. The molecule has 1 fully saturated rings. The van der Waals surface area contributed by atoms with Crippen LogP contribution in [0.15, 0.2) is 91.0 Å². The van der Waals surface area contributed by atoms with Gasteiger partial charge in [0, 0.05) is 24.4 Å². The van der Waals surface area contributed by atoms with Gasteiger partial charge in [-0.3, -0.25) is 0 Å². The molecule has 29 heavy (non-hydrogen) atoms. The predicted octanol–water partition coefficient (Wildman–Crippen LogP) is 5.71. The third-order valence-corrected chi connectivity index (χ3v) is 6.35. The smallest absolute Gasteiger partial charge is 0.0754 e. The summed E-state index contributed by atoms with van der Waals surface area (Å²) >= 11 is 0. The molecule has 4 atom stereocenters. The van der Waals surface area contributed by atoms with Gasteiger partial charge in [-0.2, -0.15) is 0 Å². The minimum atomic E-state index is -0.790. The second kappa shape index (κ2) is 8.52. The first kappa shape index (κ1) is 19.9. The molecule has 2 heteroatoms. The Hall–Kier alpha value is -2.42. The first-order valence-electron chi connectivity index (χ1n) is 10.7. The fourth-order valence-electron chi connectivity index (χ4n) is 5.19. The van der Waals surface area contributed by atoms with E-state index in [1.807, 2.05) is 12.1 Å². The van der Waals surface area contributed by atoms with E-state index in [-0.39, 0.29) is 18.0 Å². The van der Waals surface area contributed by atoms with Gasteiger partial charge in [-0.05, 0) is 29.0 Å². The molecular weight excluding hydrogens is 354 g/mol. The zero-order valence-corrected chi connectivity index (χ0v) is 17.3. The highest BCUT2D eigenvalue weighted by Gasteiger charge is 2.49. The normalized spacial score (nSPS) is 27.1. The topological polar surface area (TPSA) is 32.3 Å². The van der Waals surface area contributed by atoms with Crippen LogP contribution in [0.3, 0.4) is 0 Å². The van der Waals surface area contributed by atoms with Gasteiger partial charge in [0.15, 0.2) is 0 Å². The molecule has 0 amide bonds. The van der Waals surface area contributed by atoms with Crippen LogP contribution < -0.4 is 5.32 Å². The van der Waals surface area contributed by atoms with Crippen LogP contribution in [0.4, 0.5) is 0 Å². The van der Waals surface area contributed by atoms with Crippen LogP contribution in [-0.4, -0.2) is 10.7 Å². The zero-order valence-electron chi connectivity index (χ0n) is 17.3. The van der Waals surface area contributed by atoms with Crippen molar-refractivity contribution in [2.75, 3.05) is 0 Å². The van der Waals surface area contributed by atoms with Gasteiger partial charge in [0.25, 0.3) is 0 Å². The zero-order chi connectivity index (χ0) is 20.3. The number of nitrogens with one attached hydrogen (secondary N) is 1. The Morgan fingerprint density at radius 3 is 1.90 bits per heavy atom. The predicted molar refractivity (Wildman–Crippen MR) is 120 cm³/mol. The summed E-state index contributed by atoms with van der Waals surface area (Å²) in [5.41, 5.74) is 2.89. The van der Waals surface area contributed by atoms with E-state index in [1.54, 1.807) is 0 Å². The van der Waals surface area contributed by atoms with E-state index < -0.39 is 5.60 Å². The SMILES string of the molecule is CC(C)[C@@H]1[C@@H](c2ccccc2)N[C@H](c2ccccc2)C[C@]1(O)Cc1ccccc1. The van der Waals surface area contributed by atoms with Crippen molar-refractivity contribution in [3.8, 4) is 0 Å². The van der Waals surface area contributed by atoms with Gasteiger partial charge in [0.2, 0.25) is 0 Å². The molecule has 0 saturated carbocycles. The molecule has 2 N–H and O–H groups in total. The van der Waals surface area contributed by atoms with Crippen molar-refractivity contribution in [1.82, 2.24) is 5.32 Å². The molecule has 0 unspecified atom stereocenters. The van der Waals surface area contributed by atoms with Crippen LogP contribution in [0.25, 0.3) is 0 Å². The summed E-state index contributed by atoms with van der Waals surface area (Å²) in [4.78, 5) is 0. The monoisotopic (exact) mass is 385 g/mol. The Labute approximate surface area is 174 Å². The minimum absolute atomic E-state index is 0.101. The van der Waals surface area contributed by atoms with Crippen LogP contribution in [0.5, 0.6) is 0 Å². The van der Waals surface area contributed by atoms with Gasteiger partial charge in [-0.25, -0.2) is 0 Å². The average molecular weight is 386 g/mol. The van der Waals surface area contributed by atoms with Crippen LogP contribution in [0.2, 0.25) is 0 Å². The van der Waals surface area contributed by atoms with Gasteiger partial charge in [0.05, 0.1) is 5.60 Å². The molecule has 0 aliphatic carbocycles. The maximum Gasteiger partial charge on any atom is 0.0754 e. The van der Waals surface area contributed by atoms with Gasteiger partial charge in [0.1, 0.15) is 0 Å². The standard InChI is InChI=1S/C27H31NO/c1-20(2)25-26(23-16-10-5-11-17-23)28-24(22-14-8-4-9-15-22)19-27(25,29)18-21-12-6-3-7-13-21/h3-17,20,24-26,28-29H,18-19H2,1-2H3/t24-,25+,26+,27+/m0/s1. The molecule has 1 aliphatic rings. The molecule has 3 aromatic carbocycles. The molecule has 2 nitrogen and oxygen atoms in total. The Morgan fingerprint density at radius 2 is 1.34 bits per heavy atom. The van der Waals surface area contributed by atoms with Gasteiger partial charge in [-0.1, -0.05) is 105 Å². The molecule has 1 saturated heterocycles.